The van der Waals surface area contributed by atoms with Crippen molar-refractivity contribution in [3.05, 3.63) is 58.1 Å². The summed E-state index contributed by atoms with van der Waals surface area (Å²) in [6, 6.07) is 11.1. The van der Waals surface area contributed by atoms with E-state index < -0.39 is 17.8 Å². The van der Waals surface area contributed by atoms with Crippen LogP contribution in [0.3, 0.4) is 0 Å². The van der Waals surface area contributed by atoms with Gasteiger partial charge in [-0.25, -0.2) is 9.97 Å². The van der Waals surface area contributed by atoms with Gasteiger partial charge in [0.1, 0.15) is 16.8 Å². The summed E-state index contributed by atoms with van der Waals surface area (Å²) in [7, 11) is 0. The molecule has 11 heteroatoms. The second kappa shape index (κ2) is 9.50. The molecular weight excluding hydrogens is 461 g/mol. The predicted octanol–water partition coefficient (Wildman–Crippen LogP) is 5.34. The number of benzene rings is 1. The number of halogens is 3. The van der Waals surface area contributed by atoms with Crippen LogP contribution in [0.1, 0.15) is 33.4 Å². The first-order valence-corrected chi connectivity index (χ1v) is 10.9. The Bertz CT molecular complexity index is 1220. The van der Waals surface area contributed by atoms with E-state index in [1.165, 1.54) is 6.92 Å². The molecule has 2 heterocycles. The Morgan fingerprint density at radius 1 is 1.22 bits per heavy atom. The molecule has 3 aromatic rings. The number of hydrogen-bond donors (Lipinski definition) is 1. The molecule has 0 radical (unpaired) electrons. The highest BCUT2D eigenvalue weighted by Gasteiger charge is 2.34. The Labute approximate surface area is 189 Å². The molecule has 0 aliphatic heterocycles. The highest BCUT2D eigenvalue weighted by Crippen LogP contribution is 2.34. The normalized spacial score (nSPS) is 11.1. The minimum absolute atomic E-state index is 0.0857. The van der Waals surface area contributed by atoms with Crippen LogP contribution in [-0.2, 0) is 11.0 Å². The van der Waals surface area contributed by atoms with Gasteiger partial charge in [0, 0.05) is 5.56 Å². The van der Waals surface area contributed by atoms with E-state index >= 15 is 0 Å². The average molecular weight is 477 g/mol. The van der Waals surface area contributed by atoms with Gasteiger partial charge in [0.05, 0.1) is 21.9 Å². The van der Waals surface area contributed by atoms with E-state index in [1.54, 1.807) is 37.3 Å². The smallest absolute Gasteiger partial charge is 0.316 e. The quantitative estimate of drug-likeness (QED) is 0.293. The zero-order valence-corrected chi connectivity index (χ0v) is 18.4. The first-order valence-electron chi connectivity index (χ1n) is 9.09. The number of thioether (sulfide) groups is 1. The van der Waals surface area contributed by atoms with Gasteiger partial charge in [0.2, 0.25) is 5.91 Å². The van der Waals surface area contributed by atoms with Gasteiger partial charge < -0.3 is 5.32 Å². The number of aromatic nitrogens is 2. The number of alkyl halides is 3. The Morgan fingerprint density at radius 3 is 2.50 bits per heavy atom. The summed E-state index contributed by atoms with van der Waals surface area (Å²) >= 11 is 1.72. The van der Waals surface area contributed by atoms with E-state index in [2.05, 4.69) is 15.3 Å². The van der Waals surface area contributed by atoms with Crippen molar-refractivity contribution in [2.24, 2.45) is 0 Å². The lowest BCUT2D eigenvalue weighted by Gasteiger charge is -2.10. The molecule has 1 aromatic carbocycles. The van der Waals surface area contributed by atoms with Crippen LogP contribution in [0.2, 0.25) is 0 Å². The maximum absolute atomic E-state index is 13.3. The molecule has 1 amide bonds. The van der Waals surface area contributed by atoms with E-state index in [0.717, 1.165) is 29.2 Å². The maximum Gasteiger partial charge on any atom is 0.433 e. The summed E-state index contributed by atoms with van der Waals surface area (Å²) < 4.78 is 39.9. The summed E-state index contributed by atoms with van der Waals surface area (Å²) in [5.74, 6) is -1.08. The Hall–Kier alpha value is -3.23. The molecule has 6 nitrogen and oxygen atoms in total. The van der Waals surface area contributed by atoms with Crippen LogP contribution in [0.5, 0.6) is 0 Å². The van der Waals surface area contributed by atoms with Crippen LogP contribution >= 0.6 is 23.1 Å². The summed E-state index contributed by atoms with van der Waals surface area (Å²) in [5, 5.41) is 11.9. The summed E-state index contributed by atoms with van der Waals surface area (Å²) in [6.07, 6.45) is -4.68. The van der Waals surface area contributed by atoms with E-state index in [0.29, 0.717) is 16.0 Å². The zero-order valence-electron chi connectivity index (χ0n) is 16.8. The van der Waals surface area contributed by atoms with E-state index in [4.69, 9.17) is 0 Å². The van der Waals surface area contributed by atoms with Crippen LogP contribution < -0.4 is 5.32 Å². The number of amides is 1. The fraction of sp³-hybridized carbons (Fsp3) is 0.190. The van der Waals surface area contributed by atoms with Crippen molar-refractivity contribution in [3.63, 3.8) is 0 Å². The monoisotopic (exact) mass is 476 g/mol. The number of nitrogens with zero attached hydrogens (tertiary/aromatic N) is 3. The second-order valence-corrected chi connectivity index (χ2v) is 8.51. The SMILES string of the molecule is CC(=O)c1sc(NC(=O)CSc2nc(-c3ccccc3)cc(C(F)(F)F)n2)c(C#N)c1C. The number of nitrogens with one attached hydrogen (secondary N) is 1. The number of rotatable bonds is 6. The van der Waals surface area contributed by atoms with Crippen LogP contribution in [0.15, 0.2) is 41.6 Å². The topological polar surface area (TPSA) is 95.7 Å². The van der Waals surface area contributed by atoms with Gasteiger partial charge in [0.25, 0.3) is 0 Å². The molecule has 32 heavy (non-hydrogen) atoms. The lowest BCUT2D eigenvalue weighted by Crippen LogP contribution is -2.15. The number of thiophene rings is 1. The minimum atomic E-state index is -4.68. The van der Waals surface area contributed by atoms with Crippen molar-refractivity contribution < 1.29 is 22.8 Å². The lowest BCUT2D eigenvalue weighted by molar-refractivity contribution is -0.141. The third kappa shape index (κ3) is 5.33. The molecule has 0 atom stereocenters. The van der Waals surface area contributed by atoms with Gasteiger partial charge in [-0.15, -0.1) is 11.3 Å². The van der Waals surface area contributed by atoms with Crippen molar-refractivity contribution in [3.8, 4) is 17.3 Å². The zero-order chi connectivity index (χ0) is 23.5. The largest absolute Gasteiger partial charge is 0.433 e. The van der Waals surface area contributed by atoms with Gasteiger partial charge in [-0.05, 0) is 25.5 Å². The fourth-order valence-electron chi connectivity index (χ4n) is 2.76. The summed E-state index contributed by atoms with van der Waals surface area (Å²) in [6.45, 7) is 2.97. The van der Waals surface area contributed by atoms with E-state index in [9.17, 15) is 28.0 Å². The van der Waals surface area contributed by atoms with Gasteiger partial charge in [-0.3, -0.25) is 9.59 Å². The van der Waals surface area contributed by atoms with Crippen molar-refractivity contribution in [1.29, 1.82) is 5.26 Å². The Balaban J connectivity index is 1.81. The molecule has 2 aromatic heterocycles. The first kappa shape index (κ1) is 23.4. The summed E-state index contributed by atoms with van der Waals surface area (Å²) in [5.41, 5.74) is 0.113. The molecule has 0 aliphatic carbocycles. The molecule has 3 rings (SSSR count). The third-order valence-electron chi connectivity index (χ3n) is 4.23. The fourth-order valence-corrected chi connectivity index (χ4v) is 4.48. The van der Waals surface area contributed by atoms with Crippen molar-refractivity contribution in [2.75, 3.05) is 11.1 Å². The van der Waals surface area contributed by atoms with Gasteiger partial charge in [-0.1, -0.05) is 42.1 Å². The van der Waals surface area contributed by atoms with E-state index in [1.807, 2.05) is 6.07 Å². The number of hydrogen-bond acceptors (Lipinski definition) is 7. The van der Waals surface area contributed by atoms with Crippen molar-refractivity contribution in [1.82, 2.24) is 9.97 Å². The molecule has 0 fully saturated rings. The molecule has 164 valence electrons. The van der Waals surface area contributed by atoms with E-state index in [-0.39, 0.29) is 33.0 Å². The Morgan fingerprint density at radius 2 is 1.91 bits per heavy atom. The number of anilines is 1. The molecular formula is C21H15F3N4O2S2. The second-order valence-electron chi connectivity index (χ2n) is 6.55. The van der Waals surface area contributed by atoms with Crippen LogP contribution in [0.25, 0.3) is 11.3 Å². The number of carbonyl (C=O) groups is 2. The molecule has 0 spiro atoms. The Kier molecular flexibility index (Phi) is 6.96. The highest BCUT2D eigenvalue weighted by atomic mass is 32.2. The number of Topliss-reactive ketones (excluding diaryl/α,β-unsaturated/α-hetero) is 1. The highest BCUT2D eigenvalue weighted by molar-refractivity contribution is 7.99. The molecule has 0 bridgehead atoms. The maximum atomic E-state index is 13.3. The molecule has 0 saturated carbocycles. The molecule has 0 saturated heterocycles. The molecule has 1 N–H and O–H groups in total. The first-order chi connectivity index (χ1) is 15.1. The predicted molar refractivity (Wildman–Crippen MR) is 116 cm³/mol. The molecule has 0 aliphatic rings. The van der Waals surface area contributed by atoms with Gasteiger partial charge in [0.15, 0.2) is 10.9 Å². The van der Waals surface area contributed by atoms with Gasteiger partial charge in [-0.2, -0.15) is 18.4 Å². The van der Waals surface area contributed by atoms with Crippen LogP contribution in [-0.4, -0.2) is 27.4 Å². The number of carbonyl (C=O) groups excluding carboxylic acids is 2. The summed E-state index contributed by atoms with van der Waals surface area (Å²) in [4.78, 5) is 32.1. The average Bonchev–Trinajstić information content (AvgIpc) is 3.07. The lowest BCUT2D eigenvalue weighted by atomic mass is 10.1. The van der Waals surface area contributed by atoms with Crippen LogP contribution in [0, 0.1) is 18.3 Å². The minimum Gasteiger partial charge on any atom is -0.316 e. The van der Waals surface area contributed by atoms with Crippen molar-refractivity contribution in [2.45, 2.75) is 25.2 Å². The van der Waals surface area contributed by atoms with Crippen molar-refractivity contribution >= 4 is 39.8 Å². The molecule has 0 unspecified atom stereocenters. The van der Waals surface area contributed by atoms with Crippen LogP contribution in [0.4, 0.5) is 18.2 Å². The van der Waals surface area contributed by atoms with Gasteiger partial charge >= 0.3 is 6.18 Å². The standard InChI is InChI=1S/C21H15F3N4O2S2/c1-11-14(9-25)19(32-18(11)12(2)29)28-17(30)10-31-20-26-15(13-6-4-3-5-7-13)8-16(27-20)21(22,23)24/h3-8H,10H2,1-2H3,(H,28,30). The third-order valence-corrected chi connectivity index (χ3v) is 6.38. The number of nitriles is 1. The number of ketones is 1.